The number of aryl methyl sites for hydroxylation is 1. The number of benzene rings is 1. The number of hydrogen-bond acceptors (Lipinski definition) is 5. The first kappa shape index (κ1) is 22.3. The SMILES string of the molecule is Cc1nnc(COc2c(F)cc(Cl)c3c2C(CN2CC4(CC4)CC2=O)NCC3)n1C.Cl. The Kier molecular flexibility index (Phi) is 5.91. The molecule has 3 aliphatic rings. The third kappa shape index (κ3) is 4.01. The quantitative estimate of drug-likeness (QED) is 0.727. The highest BCUT2D eigenvalue weighted by Crippen LogP contribution is 2.53. The predicted molar refractivity (Wildman–Crippen MR) is 116 cm³/mol. The summed E-state index contributed by atoms with van der Waals surface area (Å²) in [6.45, 7) is 3.95. The van der Waals surface area contributed by atoms with Crippen molar-refractivity contribution in [2.24, 2.45) is 12.5 Å². The maximum atomic E-state index is 15.0. The van der Waals surface area contributed by atoms with Gasteiger partial charge < -0.3 is 19.5 Å². The van der Waals surface area contributed by atoms with Crippen LogP contribution in [0.5, 0.6) is 5.75 Å². The molecule has 2 fully saturated rings. The van der Waals surface area contributed by atoms with Crippen LogP contribution in [0.1, 0.15) is 48.1 Å². The lowest BCUT2D eigenvalue weighted by Crippen LogP contribution is -2.40. The van der Waals surface area contributed by atoms with E-state index in [1.807, 2.05) is 23.4 Å². The highest BCUT2D eigenvalue weighted by molar-refractivity contribution is 6.31. The number of rotatable bonds is 5. The van der Waals surface area contributed by atoms with Crippen molar-refractivity contribution in [1.29, 1.82) is 0 Å². The Labute approximate surface area is 191 Å². The van der Waals surface area contributed by atoms with Crippen LogP contribution >= 0.6 is 24.0 Å². The summed E-state index contributed by atoms with van der Waals surface area (Å²) in [5, 5.41) is 12.0. The molecule has 0 radical (unpaired) electrons. The van der Waals surface area contributed by atoms with E-state index < -0.39 is 5.82 Å². The van der Waals surface area contributed by atoms with E-state index >= 15 is 0 Å². The Hall–Kier alpha value is -1.90. The molecule has 1 saturated heterocycles. The monoisotopic (exact) mass is 469 g/mol. The van der Waals surface area contributed by atoms with Gasteiger partial charge in [0.2, 0.25) is 5.91 Å². The van der Waals surface area contributed by atoms with Gasteiger partial charge >= 0.3 is 0 Å². The minimum atomic E-state index is -0.502. The molecule has 1 saturated carbocycles. The number of amides is 1. The first-order valence-corrected chi connectivity index (χ1v) is 10.7. The molecule has 168 valence electrons. The van der Waals surface area contributed by atoms with Crippen molar-refractivity contribution in [3.8, 4) is 5.75 Å². The van der Waals surface area contributed by atoms with Gasteiger partial charge in [-0.1, -0.05) is 11.6 Å². The van der Waals surface area contributed by atoms with E-state index in [4.69, 9.17) is 16.3 Å². The fourth-order valence-corrected chi connectivity index (χ4v) is 4.94. The Morgan fingerprint density at radius 1 is 1.39 bits per heavy atom. The van der Waals surface area contributed by atoms with Crippen LogP contribution in [-0.2, 0) is 24.9 Å². The van der Waals surface area contributed by atoms with E-state index in [0.717, 1.165) is 42.9 Å². The third-order valence-corrected chi connectivity index (χ3v) is 7.07. The summed E-state index contributed by atoms with van der Waals surface area (Å²) < 4.78 is 22.7. The topological polar surface area (TPSA) is 72.3 Å². The average molecular weight is 470 g/mol. The first-order chi connectivity index (χ1) is 14.4. The number of halogens is 3. The maximum absolute atomic E-state index is 15.0. The molecule has 1 aromatic carbocycles. The zero-order valence-corrected chi connectivity index (χ0v) is 19.2. The molecule has 1 N–H and O–H groups in total. The zero-order chi connectivity index (χ0) is 21.0. The van der Waals surface area contributed by atoms with E-state index in [0.29, 0.717) is 30.2 Å². The molecule has 1 unspecified atom stereocenters. The van der Waals surface area contributed by atoms with Crippen molar-refractivity contribution in [2.45, 2.75) is 45.3 Å². The van der Waals surface area contributed by atoms with Gasteiger partial charge in [0, 0.05) is 37.1 Å². The summed E-state index contributed by atoms with van der Waals surface area (Å²) in [7, 11) is 1.85. The van der Waals surface area contributed by atoms with Crippen molar-refractivity contribution in [1.82, 2.24) is 25.0 Å². The molecular weight excluding hydrogens is 444 g/mol. The lowest BCUT2D eigenvalue weighted by Gasteiger charge is -2.32. The molecule has 2 aromatic rings. The lowest BCUT2D eigenvalue weighted by molar-refractivity contribution is -0.128. The fourth-order valence-electron chi connectivity index (χ4n) is 4.65. The molecule has 2 aliphatic heterocycles. The number of ether oxygens (including phenoxy) is 1. The van der Waals surface area contributed by atoms with Crippen LogP contribution in [0, 0.1) is 18.2 Å². The maximum Gasteiger partial charge on any atom is 0.223 e. The van der Waals surface area contributed by atoms with Crippen LogP contribution in [0.2, 0.25) is 5.02 Å². The van der Waals surface area contributed by atoms with Gasteiger partial charge in [0.15, 0.2) is 17.4 Å². The Morgan fingerprint density at radius 2 is 2.16 bits per heavy atom. The summed E-state index contributed by atoms with van der Waals surface area (Å²) in [6, 6.07) is 1.09. The summed E-state index contributed by atoms with van der Waals surface area (Å²) in [4.78, 5) is 14.4. The summed E-state index contributed by atoms with van der Waals surface area (Å²) in [6.07, 6.45) is 3.55. The largest absolute Gasteiger partial charge is 0.482 e. The molecule has 1 amide bonds. The van der Waals surface area contributed by atoms with Gasteiger partial charge in [-0.25, -0.2) is 4.39 Å². The van der Waals surface area contributed by atoms with E-state index in [2.05, 4.69) is 15.5 Å². The number of carbonyl (C=O) groups excluding carboxylic acids is 1. The van der Waals surface area contributed by atoms with Gasteiger partial charge in [-0.2, -0.15) is 0 Å². The second kappa shape index (κ2) is 8.22. The van der Waals surface area contributed by atoms with E-state index in [1.165, 1.54) is 6.07 Å². The molecule has 0 bridgehead atoms. The van der Waals surface area contributed by atoms with Crippen molar-refractivity contribution in [3.05, 3.63) is 39.7 Å². The van der Waals surface area contributed by atoms with Crippen molar-refractivity contribution in [3.63, 3.8) is 0 Å². The van der Waals surface area contributed by atoms with Crippen LogP contribution in [0.4, 0.5) is 4.39 Å². The average Bonchev–Trinajstić information content (AvgIpc) is 3.29. The zero-order valence-electron chi connectivity index (χ0n) is 17.6. The molecule has 31 heavy (non-hydrogen) atoms. The van der Waals surface area contributed by atoms with Crippen LogP contribution in [0.15, 0.2) is 6.07 Å². The first-order valence-electron chi connectivity index (χ1n) is 10.4. The fraction of sp³-hybridized carbons (Fsp3) is 0.571. The van der Waals surface area contributed by atoms with E-state index in [1.54, 1.807) is 0 Å². The smallest absolute Gasteiger partial charge is 0.223 e. The summed E-state index contributed by atoms with van der Waals surface area (Å²) >= 11 is 6.40. The number of likely N-dealkylation sites (tertiary alicyclic amines) is 1. The number of carbonyl (C=O) groups is 1. The van der Waals surface area contributed by atoms with Crippen molar-refractivity contribution >= 4 is 29.9 Å². The Bertz CT molecular complexity index is 1020. The van der Waals surface area contributed by atoms with Crippen LogP contribution in [0.3, 0.4) is 0 Å². The molecule has 1 aliphatic carbocycles. The number of aromatic nitrogens is 3. The van der Waals surface area contributed by atoms with Crippen LogP contribution < -0.4 is 10.1 Å². The Balaban J connectivity index is 0.00000231. The number of hydrogen-bond donors (Lipinski definition) is 1. The Morgan fingerprint density at radius 3 is 2.81 bits per heavy atom. The lowest BCUT2D eigenvalue weighted by atomic mass is 9.92. The molecular formula is C21H26Cl2FN5O2. The number of nitrogens with one attached hydrogen (secondary N) is 1. The van der Waals surface area contributed by atoms with Gasteiger partial charge in [-0.3, -0.25) is 4.79 Å². The van der Waals surface area contributed by atoms with Gasteiger partial charge in [0.1, 0.15) is 12.4 Å². The van der Waals surface area contributed by atoms with E-state index in [-0.39, 0.29) is 42.1 Å². The minimum Gasteiger partial charge on any atom is -0.482 e. The molecule has 5 rings (SSSR count). The van der Waals surface area contributed by atoms with Crippen molar-refractivity contribution in [2.75, 3.05) is 19.6 Å². The van der Waals surface area contributed by atoms with Crippen LogP contribution in [0.25, 0.3) is 0 Å². The van der Waals surface area contributed by atoms with Crippen LogP contribution in [-0.4, -0.2) is 45.2 Å². The third-order valence-electron chi connectivity index (χ3n) is 6.74. The summed E-state index contributed by atoms with van der Waals surface area (Å²) in [5.74, 6) is 1.23. The molecule has 3 heterocycles. The standard InChI is InChI=1S/C21H25ClFN5O2.ClH/c1-12-25-26-17(27(12)2)10-30-20-15(23)7-14(22)13-3-6-24-16(19(13)20)9-28-11-21(4-5-21)8-18(28)29;/h7,16,24H,3-6,8-11H2,1-2H3;1H. The number of nitrogens with zero attached hydrogens (tertiary/aromatic N) is 4. The molecule has 1 atom stereocenters. The van der Waals surface area contributed by atoms with Gasteiger partial charge in [-0.05, 0) is 49.8 Å². The van der Waals surface area contributed by atoms with Crippen molar-refractivity contribution < 1.29 is 13.9 Å². The second-order valence-corrected chi connectivity index (χ2v) is 9.19. The molecule has 1 aromatic heterocycles. The second-order valence-electron chi connectivity index (χ2n) is 8.78. The highest BCUT2D eigenvalue weighted by Gasteiger charge is 2.52. The van der Waals surface area contributed by atoms with Gasteiger partial charge in [-0.15, -0.1) is 22.6 Å². The van der Waals surface area contributed by atoms with Gasteiger partial charge in [0.25, 0.3) is 0 Å². The molecule has 1 spiro atoms. The molecule has 10 heteroatoms. The molecule has 7 nitrogen and oxygen atoms in total. The normalized spacial score (nSPS) is 21.2. The minimum absolute atomic E-state index is 0. The van der Waals surface area contributed by atoms with E-state index in [9.17, 15) is 9.18 Å². The predicted octanol–water partition coefficient (Wildman–Crippen LogP) is 3.12. The number of fused-ring (bicyclic) bond motifs is 1. The summed E-state index contributed by atoms with van der Waals surface area (Å²) in [5.41, 5.74) is 1.80. The highest BCUT2D eigenvalue weighted by atomic mass is 35.5. The van der Waals surface area contributed by atoms with Gasteiger partial charge in [0.05, 0.1) is 6.04 Å².